The number of ether oxygens (including phenoxy) is 2. The normalized spacial score (nSPS) is 26.4. The molecule has 1 aromatic rings. The van der Waals surface area contributed by atoms with Crippen LogP contribution in [0, 0.1) is 5.92 Å². The number of nitrogens with zero attached hydrogens (tertiary/aromatic N) is 1. The summed E-state index contributed by atoms with van der Waals surface area (Å²) in [6.07, 6.45) is 3.08. The maximum atomic E-state index is 13.0. The summed E-state index contributed by atoms with van der Waals surface area (Å²) in [7, 11) is 0. The van der Waals surface area contributed by atoms with Crippen molar-refractivity contribution in [2.75, 3.05) is 25.0 Å². The van der Waals surface area contributed by atoms with Crippen LogP contribution in [0.3, 0.4) is 0 Å². The van der Waals surface area contributed by atoms with Crippen LogP contribution >= 0.6 is 11.3 Å². The van der Waals surface area contributed by atoms with Crippen molar-refractivity contribution in [2.45, 2.75) is 72.1 Å². The van der Waals surface area contributed by atoms with E-state index < -0.39 is 0 Å². The summed E-state index contributed by atoms with van der Waals surface area (Å²) in [6, 6.07) is -0.290. The number of carbonyl (C=O) groups excluding carboxylic acids is 2. The molecule has 0 unspecified atom stereocenters. The second-order valence-corrected chi connectivity index (χ2v) is 9.26. The number of rotatable bonds is 5. The molecule has 0 aromatic carbocycles. The van der Waals surface area contributed by atoms with E-state index in [2.05, 4.69) is 17.1 Å². The molecule has 7 heteroatoms. The Morgan fingerprint density at radius 1 is 1.29 bits per heavy atom. The highest BCUT2D eigenvalue weighted by atomic mass is 32.1. The molecule has 2 aliphatic rings. The molecule has 3 rings (SSSR count). The number of thiophene rings is 1. The number of hydrogen-bond donors (Lipinski definition) is 1. The van der Waals surface area contributed by atoms with Gasteiger partial charge in [0.1, 0.15) is 5.00 Å². The van der Waals surface area contributed by atoms with Gasteiger partial charge in [-0.1, -0.05) is 6.92 Å². The van der Waals surface area contributed by atoms with Crippen LogP contribution in [-0.2, 0) is 27.1 Å². The summed E-state index contributed by atoms with van der Waals surface area (Å²) in [4.78, 5) is 29.0. The highest BCUT2D eigenvalue weighted by molar-refractivity contribution is 7.17. The van der Waals surface area contributed by atoms with Crippen molar-refractivity contribution in [2.24, 2.45) is 5.92 Å². The van der Waals surface area contributed by atoms with Crippen LogP contribution in [0.15, 0.2) is 0 Å². The first-order valence-electron chi connectivity index (χ1n) is 10.3. The number of hydrogen-bond acceptors (Lipinski definition) is 6. The summed E-state index contributed by atoms with van der Waals surface area (Å²) in [5.74, 6) is 0.185. The average molecular weight is 409 g/mol. The Balaban J connectivity index is 1.80. The Kier molecular flexibility index (Phi) is 6.78. The van der Waals surface area contributed by atoms with Crippen molar-refractivity contribution >= 4 is 28.2 Å². The van der Waals surface area contributed by atoms with Gasteiger partial charge in [0.15, 0.2) is 0 Å². The molecule has 1 saturated heterocycles. The number of nitrogens with one attached hydrogen (secondary N) is 1. The third kappa shape index (κ3) is 4.58. The summed E-state index contributed by atoms with van der Waals surface area (Å²) in [5, 5.41) is 3.69. The fourth-order valence-electron chi connectivity index (χ4n) is 4.17. The van der Waals surface area contributed by atoms with Crippen molar-refractivity contribution in [3.05, 3.63) is 16.0 Å². The van der Waals surface area contributed by atoms with Gasteiger partial charge in [0.05, 0.1) is 30.4 Å². The predicted molar refractivity (Wildman–Crippen MR) is 111 cm³/mol. The zero-order chi connectivity index (χ0) is 20.4. The second kappa shape index (κ2) is 8.93. The summed E-state index contributed by atoms with van der Waals surface area (Å²) in [6.45, 7) is 11.8. The third-order valence-electron chi connectivity index (χ3n) is 5.60. The zero-order valence-corrected chi connectivity index (χ0v) is 18.4. The minimum Gasteiger partial charge on any atom is -0.462 e. The first-order valence-corrected chi connectivity index (χ1v) is 11.1. The number of anilines is 1. The van der Waals surface area contributed by atoms with Crippen LogP contribution in [0.2, 0.25) is 0 Å². The minimum atomic E-state index is -0.328. The molecule has 1 aliphatic heterocycles. The van der Waals surface area contributed by atoms with Crippen LogP contribution in [0.5, 0.6) is 0 Å². The van der Waals surface area contributed by atoms with Crippen molar-refractivity contribution < 1.29 is 19.1 Å². The predicted octanol–water partition coefficient (Wildman–Crippen LogP) is 3.49. The lowest BCUT2D eigenvalue weighted by Crippen LogP contribution is -2.52. The van der Waals surface area contributed by atoms with E-state index >= 15 is 0 Å². The Morgan fingerprint density at radius 3 is 2.61 bits per heavy atom. The van der Waals surface area contributed by atoms with Crippen LogP contribution in [0.25, 0.3) is 0 Å². The van der Waals surface area contributed by atoms with E-state index in [1.165, 1.54) is 16.2 Å². The molecule has 1 fully saturated rings. The minimum absolute atomic E-state index is 0.0847. The Labute approximate surface area is 171 Å². The molecule has 0 saturated carbocycles. The molecule has 1 amide bonds. The first-order chi connectivity index (χ1) is 13.3. The molecular formula is C21H32N2O4S. The quantitative estimate of drug-likeness (QED) is 0.756. The third-order valence-corrected chi connectivity index (χ3v) is 6.77. The molecule has 156 valence electrons. The lowest BCUT2D eigenvalue weighted by atomic mass is 9.88. The van der Waals surface area contributed by atoms with E-state index in [1.807, 2.05) is 20.8 Å². The van der Waals surface area contributed by atoms with Gasteiger partial charge in [0, 0.05) is 18.0 Å². The van der Waals surface area contributed by atoms with Gasteiger partial charge < -0.3 is 14.8 Å². The van der Waals surface area contributed by atoms with E-state index in [1.54, 1.807) is 6.92 Å². The lowest BCUT2D eigenvalue weighted by molar-refractivity contribution is -0.126. The van der Waals surface area contributed by atoms with Crippen molar-refractivity contribution in [3.63, 3.8) is 0 Å². The van der Waals surface area contributed by atoms with E-state index in [0.29, 0.717) is 23.1 Å². The number of morpholine rings is 1. The van der Waals surface area contributed by atoms with Gasteiger partial charge in [-0.15, -0.1) is 11.3 Å². The average Bonchev–Trinajstić information content (AvgIpc) is 2.97. The maximum absolute atomic E-state index is 13.0. The molecule has 2 heterocycles. The topological polar surface area (TPSA) is 67.9 Å². The van der Waals surface area contributed by atoms with E-state index in [-0.39, 0.29) is 30.1 Å². The number of carbonyl (C=O) groups is 2. The number of amides is 1. The highest BCUT2D eigenvalue weighted by Gasteiger charge is 2.32. The van der Waals surface area contributed by atoms with Crippen molar-refractivity contribution in [1.82, 2.24) is 4.90 Å². The van der Waals surface area contributed by atoms with Gasteiger partial charge >= 0.3 is 5.97 Å². The van der Waals surface area contributed by atoms with Gasteiger partial charge in [-0.2, -0.15) is 0 Å². The SMILES string of the molecule is CCOC(=O)c1c(NC(=O)[C@H](C)N2C[C@@H](C)O[C@@H](C)C2)sc2c1CC[C@H](C)C2. The fourth-order valence-corrected chi connectivity index (χ4v) is 5.58. The molecule has 6 nitrogen and oxygen atoms in total. The van der Waals surface area contributed by atoms with Crippen molar-refractivity contribution in [1.29, 1.82) is 0 Å². The van der Waals surface area contributed by atoms with Gasteiger partial charge in [-0.3, -0.25) is 9.69 Å². The van der Waals surface area contributed by atoms with Crippen LogP contribution in [0.1, 0.15) is 61.8 Å². The Bertz CT molecular complexity index is 722. The van der Waals surface area contributed by atoms with E-state index in [0.717, 1.165) is 37.9 Å². The number of fused-ring (bicyclic) bond motifs is 1. The molecule has 1 aromatic heterocycles. The van der Waals surface area contributed by atoms with Crippen LogP contribution in [0.4, 0.5) is 5.00 Å². The maximum Gasteiger partial charge on any atom is 0.341 e. The zero-order valence-electron chi connectivity index (χ0n) is 17.5. The van der Waals surface area contributed by atoms with Gasteiger partial charge in [-0.05, 0) is 58.4 Å². The van der Waals surface area contributed by atoms with Gasteiger partial charge in [0.2, 0.25) is 5.91 Å². The molecule has 0 spiro atoms. The van der Waals surface area contributed by atoms with Gasteiger partial charge in [-0.25, -0.2) is 4.79 Å². The van der Waals surface area contributed by atoms with Gasteiger partial charge in [0.25, 0.3) is 0 Å². The lowest BCUT2D eigenvalue weighted by Gasteiger charge is -2.38. The summed E-state index contributed by atoms with van der Waals surface area (Å²) < 4.78 is 11.1. The molecule has 0 radical (unpaired) electrons. The largest absolute Gasteiger partial charge is 0.462 e. The standard InChI is InChI=1S/C21H32N2O4S/c1-6-26-21(25)18-16-8-7-12(2)9-17(16)28-20(18)22-19(24)15(5)23-10-13(3)27-14(4)11-23/h12-15H,6-11H2,1-5H3,(H,22,24)/t12-,13-,14+,15-/m0/s1. The number of esters is 1. The first kappa shape index (κ1) is 21.3. The van der Waals surface area contributed by atoms with E-state index in [4.69, 9.17) is 9.47 Å². The molecular weight excluding hydrogens is 376 g/mol. The summed E-state index contributed by atoms with van der Waals surface area (Å²) >= 11 is 1.54. The van der Waals surface area contributed by atoms with Crippen LogP contribution in [-0.4, -0.2) is 54.7 Å². The molecule has 4 atom stereocenters. The van der Waals surface area contributed by atoms with E-state index in [9.17, 15) is 9.59 Å². The molecule has 1 N–H and O–H groups in total. The van der Waals surface area contributed by atoms with Crippen molar-refractivity contribution in [3.8, 4) is 0 Å². The molecule has 0 bridgehead atoms. The Hall–Kier alpha value is -1.44. The smallest absolute Gasteiger partial charge is 0.341 e. The highest BCUT2D eigenvalue weighted by Crippen LogP contribution is 2.40. The second-order valence-electron chi connectivity index (χ2n) is 8.15. The molecule has 1 aliphatic carbocycles. The summed E-state index contributed by atoms with van der Waals surface area (Å²) in [5.41, 5.74) is 1.64. The fraction of sp³-hybridized carbons (Fsp3) is 0.714. The van der Waals surface area contributed by atoms with Crippen LogP contribution < -0.4 is 5.32 Å². The monoisotopic (exact) mass is 408 g/mol. The molecule has 28 heavy (non-hydrogen) atoms. The Morgan fingerprint density at radius 2 is 1.96 bits per heavy atom.